The van der Waals surface area contributed by atoms with Crippen LogP contribution in [0.25, 0.3) is 0 Å². The van der Waals surface area contributed by atoms with E-state index in [2.05, 4.69) is 68.4 Å². The van der Waals surface area contributed by atoms with Crippen LogP contribution in [0.5, 0.6) is 0 Å². The SMILES string of the molecule is CCC(C)c1ccccc1[C](Cc1ccccc1)CC1CCCC1O. The van der Waals surface area contributed by atoms with Gasteiger partial charge in [-0.3, -0.25) is 0 Å². The van der Waals surface area contributed by atoms with Crippen LogP contribution in [0.1, 0.15) is 68.6 Å². The highest BCUT2D eigenvalue weighted by Crippen LogP contribution is 2.38. The monoisotopic (exact) mass is 335 g/mol. The Morgan fingerprint density at radius 1 is 1.04 bits per heavy atom. The van der Waals surface area contributed by atoms with E-state index in [1.54, 1.807) is 0 Å². The van der Waals surface area contributed by atoms with Crippen LogP contribution in [0.3, 0.4) is 0 Å². The lowest BCUT2D eigenvalue weighted by Gasteiger charge is -2.26. The van der Waals surface area contributed by atoms with Crippen molar-refractivity contribution in [1.82, 2.24) is 0 Å². The van der Waals surface area contributed by atoms with Crippen molar-refractivity contribution >= 4 is 0 Å². The largest absolute Gasteiger partial charge is 0.393 e. The summed E-state index contributed by atoms with van der Waals surface area (Å²) in [5, 5.41) is 10.4. The predicted octanol–water partition coefficient (Wildman–Crippen LogP) is 5.92. The lowest BCUT2D eigenvalue weighted by Crippen LogP contribution is -2.19. The molecule has 1 nitrogen and oxygen atoms in total. The van der Waals surface area contributed by atoms with E-state index in [0.717, 1.165) is 38.5 Å². The number of benzene rings is 2. The average molecular weight is 336 g/mol. The molecule has 1 N–H and O–H groups in total. The molecular formula is C24H31O. The van der Waals surface area contributed by atoms with Gasteiger partial charge < -0.3 is 5.11 Å². The molecule has 2 aromatic carbocycles. The lowest BCUT2D eigenvalue weighted by atomic mass is 9.79. The maximum atomic E-state index is 10.4. The third-order valence-corrected chi connectivity index (χ3v) is 5.87. The Bertz CT molecular complexity index is 648. The van der Waals surface area contributed by atoms with Gasteiger partial charge in [-0.15, -0.1) is 0 Å². The molecular weight excluding hydrogens is 304 g/mol. The minimum absolute atomic E-state index is 0.124. The third-order valence-electron chi connectivity index (χ3n) is 5.87. The normalized spacial score (nSPS) is 21.6. The Kier molecular flexibility index (Phi) is 6.31. The van der Waals surface area contributed by atoms with Crippen molar-refractivity contribution in [3.8, 4) is 0 Å². The molecule has 0 spiro atoms. The van der Waals surface area contributed by atoms with Gasteiger partial charge in [-0.1, -0.05) is 74.9 Å². The van der Waals surface area contributed by atoms with Crippen molar-refractivity contribution in [3.05, 3.63) is 77.2 Å². The minimum Gasteiger partial charge on any atom is -0.393 e. The molecule has 3 unspecified atom stereocenters. The fraction of sp³-hybridized carbons (Fsp3) is 0.458. The molecule has 0 saturated heterocycles. The third kappa shape index (κ3) is 4.52. The maximum absolute atomic E-state index is 10.4. The average Bonchev–Trinajstić information content (AvgIpc) is 3.06. The highest BCUT2D eigenvalue weighted by Gasteiger charge is 2.30. The summed E-state index contributed by atoms with van der Waals surface area (Å²) in [5.41, 5.74) is 4.24. The first kappa shape index (κ1) is 18.2. The number of aliphatic hydroxyl groups is 1. The first-order chi connectivity index (χ1) is 12.2. The van der Waals surface area contributed by atoms with E-state index in [9.17, 15) is 5.11 Å². The summed E-state index contributed by atoms with van der Waals surface area (Å²) in [5.74, 6) is 2.48. The predicted molar refractivity (Wildman–Crippen MR) is 106 cm³/mol. The van der Waals surface area contributed by atoms with Gasteiger partial charge in [0.15, 0.2) is 0 Å². The molecule has 0 heterocycles. The van der Waals surface area contributed by atoms with Crippen LogP contribution in [0.4, 0.5) is 0 Å². The fourth-order valence-electron chi connectivity index (χ4n) is 4.16. The van der Waals surface area contributed by atoms with Crippen molar-refractivity contribution in [2.24, 2.45) is 5.92 Å². The van der Waals surface area contributed by atoms with E-state index in [-0.39, 0.29) is 6.10 Å². The molecule has 0 bridgehead atoms. The molecule has 0 aliphatic heterocycles. The fourth-order valence-corrected chi connectivity index (χ4v) is 4.16. The summed E-state index contributed by atoms with van der Waals surface area (Å²) in [4.78, 5) is 0. The molecule has 2 aromatic rings. The topological polar surface area (TPSA) is 20.2 Å². The number of aliphatic hydroxyl groups excluding tert-OH is 1. The minimum atomic E-state index is -0.124. The van der Waals surface area contributed by atoms with Gasteiger partial charge in [-0.05, 0) is 60.6 Å². The van der Waals surface area contributed by atoms with E-state index < -0.39 is 0 Å². The smallest absolute Gasteiger partial charge is 0.0568 e. The summed E-state index contributed by atoms with van der Waals surface area (Å²) >= 11 is 0. The molecule has 25 heavy (non-hydrogen) atoms. The highest BCUT2D eigenvalue weighted by atomic mass is 16.3. The Labute approximate surface area is 153 Å². The molecule has 0 aromatic heterocycles. The molecule has 1 heteroatoms. The number of hydrogen-bond acceptors (Lipinski definition) is 1. The highest BCUT2D eigenvalue weighted by molar-refractivity contribution is 5.42. The summed E-state index contributed by atoms with van der Waals surface area (Å²) in [6, 6.07) is 19.7. The van der Waals surface area contributed by atoms with E-state index in [1.165, 1.54) is 22.6 Å². The summed E-state index contributed by atoms with van der Waals surface area (Å²) in [6.07, 6.45) is 6.32. The number of rotatable bonds is 7. The number of hydrogen-bond donors (Lipinski definition) is 1. The van der Waals surface area contributed by atoms with Crippen molar-refractivity contribution in [2.75, 3.05) is 0 Å². The molecule has 1 radical (unpaired) electrons. The molecule has 1 aliphatic rings. The second-order valence-corrected chi connectivity index (χ2v) is 7.62. The van der Waals surface area contributed by atoms with Crippen LogP contribution in [0.15, 0.2) is 54.6 Å². The van der Waals surface area contributed by atoms with E-state index >= 15 is 0 Å². The van der Waals surface area contributed by atoms with Gasteiger partial charge in [-0.25, -0.2) is 0 Å². The quantitative estimate of drug-likeness (QED) is 0.666. The van der Waals surface area contributed by atoms with Gasteiger partial charge in [0, 0.05) is 5.92 Å². The van der Waals surface area contributed by atoms with Crippen molar-refractivity contribution < 1.29 is 5.11 Å². The Morgan fingerprint density at radius 3 is 2.44 bits per heavy atom. The molecule has 1 saturated carbocycles. The van der Waals surface area contributed by atoms with Crippen LogP contribution in [0, 0.1) is 11.8 Å². The zero-order chi connectivity index (χ0) is 17.6. The molecule has 3 atom stereocenters. The second kappa shape index (κ2) is 8.67. The molecule has 133 valence electrons. The van der Waals surface area contributed by atoms with Crippen molar-refractivity contribution in [1.29, 1.82) is 0 Å². The molecule has 1 fully saturated rings. The van der Waals surface area contributed by atoms with Crippen LogP contribution >= 0.6 is 0 Å². The van der Waals surface area contributed by atoms with Gasteiger partial charge >= 0.3 is 0 Å². The van der Waals surface area contributed by atoms with Gasteiger partial charge in [0.1, 0.15) is 0 Å². The second-order valence-electron chi connectivity index (χ2n) is 7.62. The Balaban J connectivity index is 1.90. The Hall–Kier alpha value is -1.60. The first-order valence-electron chi connectivity index (χ1n) is 9.85. The Morgan fingerprint density at radius 2 is 1.76 bits per heavy atom. The summed E-state index contributed by atoms with van der Waals surface area (Å²) in [7, 11) is 0. The summed E-state index contributed by atoms with van der Waals surface area (Å²) in [6.45, 7) is 4.59. The molecule has 0 amide bonds. The maximum Gasteiger partial charge on any atom is 0.0568 e. The summed E-state index contributed by atoms with van der Waals surface area (Å²) < 4.78 is 0. The van der Waals surface area contributed by atoms with Gasteiger partial charge in [-0.2, -0.15) is 0 Å². The van der Waals surface area contributed by atoms with Gasteiger partial charge in [0.25, 0.3) is 0 Å². The van der Waals surface area contributed by atoms with E-state index in [0.29, 0.717) is 11.8 Å². The van der Waals surface area contributed by atoms with Crippen LogP contribution in [0.2, 0.25) is 0 Å². The molecule has 3 rings (SSSR count). The van der Waals surface area contributed by atoms with Crippen molar-refractivity contribution in [2.45, 2.75) is 64.4 Å². The van der Waals surface area contributed by atoms with Gasteiger partial charge in [0.2, 0.25) is 0 Å². The van der Waals surface area contributed by atoms with Crippen LogP contribution in [-0.4, -0.2) is 11.2 Å². The molecule has 1 aliphatic carbocycles. The van der Waals surface area contributed by atoms with Crippen LogP contribution in [-0.2, 0) is 6.42 Å². The standard InChI is InChI=1S/C24H31O/c1-3-18(2)22-13-7-8-14-23(22)21(16-19-10-5-4-6-11-19)17-20-12-9-15-24(20)25/h4-8,10-11,13-14,18,20,24-25H,3,9,12,15-17H2,1-2H3. The van der Waals surface area contributed by atoms with Gasteiger partial charge in [0.05, 0.1) is 6.10 Å². The van der Waals surface area contributed by atoms with E-state index in [1.807, 2.05) is 0 Å². The lowest BCUT2D eigenvalue weighted by molar-refractivity contribution is 0.130. The van der Waals surface area contributed by atoms with Crippen molar-refractivity contribution in [3.63, 3.8) is 0 Å². The van der Waals surface area contributed by atoms with E-state index in [4.69, 9.17) is 0 Å². The zero-order valence-corrected chi connectivity index (χ0v) is 15.6. The zero-order valence-electron chi connectivity index (χ0n) is 15.6. The van der Waals surface area contributed by atoms with Crippen LogP contribution < -0.4 is 0 Å². The first-order valence-corrected chi connectivity index (χ1v) is 9.85.